The van der Waals surface area contributed by atoms with Gasteiger partial charge in [-0.3, -0.25) is 4.79 Å². The van der Waals surface area contributed by atoms with E-state index in [0.29, 0.717) is 23.6 Å². The lowest BCUT2D eigenvalue weighted by atomic mass is 10.1. The highest BCUT2D eigenvalue weighted by molar-refractivity contribution is 7.98. The predicted octanol–water partition coefficient (Wildman–Crippen LogP) is 5.34. The maximum absolute atomic E-state index is 13.2. The van der Waals surface area contributed by atoms with E-state index < -0.39 is 0 Å². The summed E-state index contributed by atoms with van der Waals surface area (Å²) in [6.45, 7) is 4.49. The molecule has 1 heterocycles. The molecule has 0 bridgehead atoms. The monoisotopic (exact) mass is 442 g/mol. The topological polar surface area (TPSA) is 51.7 Å². The Morgan fingerprint density at radius 3 is 2.50 bits per heavy atom. The summed E-state index contributed by atoms with van der Waals surface area (Å²) in [6, 6.07) is 11.6. The molecule has 3 aromatic rings. The van der Waals surface area contributed by atoms with Crippen LogP contribution in [0.25, 0.3) is 0 Å². The number of thioether (sulfide) groups is 1. The maximum Gasteiger partial charge on any atom is 0.255 e. The van der Waals surface area contributed by atoms with E-state index in [1.54, 1.807) is 42.2 Å². The van der Waals surface area contributed by atoms with Crippen LogP contribution in [0.2, 0.25) is 0 Å². The van der Waals surface area contributed by atoms with Crippen molar-refractivity contribution in [1.82, 2.24) is 9.88 Å². The smallest absolute Gasteiger partial charge is 0.255 e. The highest BCUT2D eigenvalue weighted by Gasteiger charge is 2.18. The minimum absolute atomic E-state index is 0.0123. The normalized spacial score (nSPS) is 10.7. The van der Waals surface area contributed by atoms with Crippen LogP contribution in [-0.4, -0.2) is 37.1 Å². The SMILES string of the molecule is COc1cc(C)c(CN(C)C(=O)c2ccccc2SCc2csc(C)n2)cc1OC. The van der Waals surface area contributed by atoms with E-state index in [2.05, 4.69) is 10.4 Å². The zero-order valence-corrected chi connectivity index (χ0v) is 19.5. The van der Waals surface area contributed by atoms with E-state index in [-0.39, 0.29) is 5.91 Å². The molecule has 1 aromatic heterocycles. The number of amides is 1. The number of hydrogen-bond acceptors (Lipinski definition) is 6. The third-order valence-electron chi connectivity index (χ3n) is 4.76. The molecule has 0 saturated heterocycles. The second-order valence-corrected chi connectivity index (χ2v) is 9.02. The number of thiazole rings is 1. The Bertz CT molecular complexity index is 1030. The van der Waals surface area contributed by atoms with Crippen molar-refractivity contribution >= 4 is 29.0 Å². The summed E-state index contributed by atoms with van der Waals surface area (Å²) in [4.78, 5) is 20.4. The second-order valence-electron chi connectivity index (χ2n) is 6.94. The number of methoxy groups -OCH3 is 2. The number of aromatic nitrogens is 1. The zero-order chi connectivity index (χ0) is 21.7. The van der Waals surface area contributed by atoms with E-state index in [9.17, 15) is 4.79 Å². The van der Waals surface area contributed by atoms with Crippen LogP contribution < -0.4 is 9.47 Å². The Labute approximate surface area is 186 Å². The van der Waals surface area contributed by atoms with Crippen molar-refractivity contribution in [2.45, 2.75) is 31.0 Å². The van der Waals surface area contributed by atoms with Gasteiger partial charge in [-0.2, -0.15) is 0 Å². The highest BCUT2D eigenvalue weighted by Crippen LogP contribution is 2.32. The molecule has 0 aliphatic carbocycles. The quantitative estimate of drug-likeness (QED) is 0.441. The Morgan fingerprint density at radius 1 is 1.13 bits per heavy atom. The van der Waals surface area contributed by atoms with Gasteiger partial charge in [0.1, 0.15) is 0 Å². The molecule has 0 N–H and O–H groups in total. The van der Waals surface area contributed by atoms with Crippen molar-refractivity contribution < 1.29 is 14.3 Å². The molecule has 0 unspecified atom stereocenters. The zero-order valence-electron chi connectivity index (χ0n) is 17.9. The van der Waals surface area contributed by atoms with Crippen LogP contribution in [0.15, 0.2) is 46.7 Å². The average Bonchev–Trinajstić information content (AvgIpc) is 3.18. The Hall–Kier alpha value is -2.51. The number of carbonyl (C=O) groups is 1. The van der Waals surface area contributed by atoms with Gasteiger partial charge in [-0.25, -0.2) is 4.98 Å². The van der Waals surface area contributed by atoms with Gasteiger partial charge in [-0.1, -0.05) is 12.1 Å². The summed E-state index contributed by atoms with van der Waals surface area (Å²) in [6.07, 6.45) is 0. The lowest BCUT2D eigenvalue weighted by Crippen LogP contribution is -2.27. The van der Waals surface area contributed by atoms with Gasteiger partial charge >= 0.3 is 0 Å². The second kappa shape index (κ2) is 10.00. The van der Waals surface area contributed by atoms with E-state index in [1.165, 1.54) is 0 Å². The van der Waals surface area contributed by atoms with Crippen molar-refractivity contribution in [2.75, 3.05) is 21.3 Å². The summed E-state index contributed by atoms with van der Waals surface area (Å²) < 4.78 is 10.8. The number of nitrogens with zero attached hydrogens (tertiary/aromatic N) is 2. The third-order valence-corrected chi connectivity index (χ3v) is 6.69. The third kappa shape index (κ3) is 5.15. The van der Waals surface area contributed by atoms with Gasteiger partial charge in [0.2, 0.25) is 0 Å². The van der Waals surface area contributed by atoms with Gasteiger partial charge in [0.25, 0.3) is 5.91 Å². The average molecular weight is 443 g/mol. The molecular formula is C23H26N2O3S2. The molecule has 0 aliphatic rings. The number of aryl methyl sites for hydroxylation is 2. The molecule has 0 aliphatic heterocycles. The molecule has 2 aromatic carbocycles. The molecule has 30 heavy (non-hydrogen) atoms. The van der Waals surface area contributed by atoms with Gasteiger partial charge in [0.15, 0.2) is 11.5 Å². The molecule has 0 radical (unpaired) electrons. The first kappa shape index (κ1) is 22.2. The number of carbonyl (C=O) groups excluding carboxylic acids is 1. The molecule has 3 rings (SSSR count). The minimum Gasteiger partial charge on any atom is -0.493 e. The largest absolute Gasteiger partial charge is 0.493 e. The fourth-order valence-corrected chi connectivity index (χ4v) is 4.78. The fraction of sp³-hybridized carbons (Fsp3) is 0.304. The molecule has 0 saturated carbocycles. The van der Waals surface area contributed by atoms with Gasteiger partial charge in [0.05, 0.1) is 30.5 Å². The van der Waals surface area contributed by atoms with Gasteiger partial charge < -0.3 is 14.4 Å². The number of rotatable bonds is 8. The van der Waals surface area contributed by atoms with Crippen LogP contribution in [0.4, 0.5) is 0 Å². The number of benzene rings is 2. The van der Waals surface area contributed by atoms with Crippen molar-refractivity contribution in [1.29, 1.82) is 0 Å². The van der Waals surface area contributed by atoms with Crippen LogP contribution in [0, 0.1) is 13.8 Å². The fourth-order valence-electron chi connectivity index (χ4n) is 3.12. The van der Waals surface area contributed by atoms with E-state index >= 15 is 0 Å². The lowest BCUT2D eigenvalue weighted by molar-refractivity contribution is 0.0781. The van der Waals surface area contributed by atoms with Crippen molar-refractivity contribution in [2.24, 2.45) is 0 Å². The first-order valence-corrected chi connectivity index (χ1v) is 11.4. The summed E-state index contributed by atoms with van der Waals surface area (Å²) in [5.41, 5.74) is 3.81. The van der Waals surface area contributed by atoms with Crippen LogP contribution in [-0.2, 0) is 12.3 Å². The molecule has 7 heteroatoms. The summed E-state index contributed by atoms with van der Waals surface area (Å²) >= 11 is 3.28. The predicted molar refractivity (Wildman–Crippen MR) is 123 cm³/mol. The minimum atomic E-state index is -0.0123. The molecular weight excluding hydrogens is 416 g/mol. The van der Waals surface area contributed by atoms with Crippen LogP contribution in [0.5, 0.6) is 11.5 Å². The summed E-state index contributed by atoms with van der Waals surface area (Å²) in [5.74, 6) is 2.08. The number of hydrogen-bond donors (Lipinski definition) is 0. The van der Waals surface area contributed by atoms with E-state index in [1.807, 2.05) is 57.3 Å². The van der Waals surface area contributed by atoms with Gasteiger partial charge in [0, 0.05) is 29.6 Å². The molecule has 158 valence electrons. The lowest BCUT2D eigenvalue weighted by Gasteiger charge is -2.21. The summed E-state index contributed by atoms with van der Waals surface area (Å²) in [5, 5.41) is 3.12. The highest BCUT2D eigenvalue weighted by atomic mass is 32.2. The van der Waals surface area contributed by atoms with Gasteiger partial charge in [-0.15, -0.1) is 23.1 Å². The Balaban J connectivity index is 1.76. The van der Waals surface area contributed by atoms with Crippen LogP contribution >= 0.6 is 23.1 Å². The van der Waals surface area contributed by atoms with Crippen LogP contribution in [0.1, 0.15) is 32.2 Å². The molecule has 0 spiro atoms. The molecule has 0 fully saturated rings. The molecule has 5 nitrogen and oxygen atoms in total. The first-order chi connectivity index (χ1) is 14.4. The van der Waals surface area contributed by atoms with Crippen molar-refractivity contribution in [3.05, 3.63) is 69.2 Å². The Kier molecular flexibility index (Phi) is 7.39. The van der Waals surface area contributed by atoms with Crippen LogP contribution in [0.3, 0.4) is 0 Å². The number of ether oxygens (including phenoxy) is 2. The first-order valence-electron chi connectivity index (χ1n) is 9.52. The van der Waals surface area contributed by atoms with Crippen molar-refractivity contribution in [3.8, 4) is 11.5 Å². The molecule has 0 atom stereocenters. The van der Waals surface area contributed by atoms with E-state index in [4.69, 9.17) is 9.47 Å². The summed E-state index contributed by atoms with van der Waals surface area (Å²) in [7, 11) is 5.06. The molecule has 1 amide bonds. The maximum atomic E-state index is 13.2. The van der Waals surface area contributed by atoms with Gasteiger partial charge in [-0.05, 0) is 49.2 Å². The van der Waals surface area contributed by atoms with Crippen molar-refractivity contribution in [3.63, 3.8) is 0 Å². The standard InChI is InChI=1S/C23H26N2O3S2/c1-15-10-20(27-4)21(28-5)11-17(15)12-25(3)23(26)19-8-6-7-9-22(19)30-14-18-13-29-16(2)24-18/h6-11,13H,12,14H2,1-5H3. The van der Waals surface area contributed by atoms with E-state index in [0.717, 1.165) is 32.5 Å². The Morgan fingerprint density at radius 2 is 1.83 bits per heavy atom.